The van der Waals surface area contributed by atoms with Crippen molar-refractivity contribution in [2.24, 2.45) is 5.16 Å². The van der Waals surface area contributed by atoms with E-state index in [4.69, 9.17) is 5.21 Å². The maximum Gasteiger partial charge on any atom is 0.437 e. The Labute approximate surface area is 91.2 Å². The van der Waals surface area contributed by atoms with Gasteiger partial charge in [-0.1, -0.05) is 17.3 Å². The second kappa shape index (κ2) is 4.27. The topological polar surface area (TPSA) is 32.6 Å². The van der Waals surface area contributed by atoms with Gasteiger partial charge in [-0.3, -0.25) is 0 Å². The summed E-state index contributed by atoms with van der Waals surface area (Å²) in [7, 11) is 0. The summed E-state index contributed by atoms with van der Waals surface area (Å²) in [5.74, 6) is 0. The smallest absolute Gasteiger partial charge is 0.410 e. The number of hydrogen-bond donors (Lipinski definition) is 1. The maximum atomic E-state index is 12.3. The molecule has 17 heavy (non-hydrogen) atoms. The first-order chi connectivity index (χ1) is 7.66. The quantitative estimate of drug-likeness (QED) is 0.355. The molecule has 0 aliphatic carbocycles. The minimum Gasteiger partial charge on any atom is -0.410 e. The zero-order valence-corrected chi connectivity index (χ0v) is 7.97. The summed E-state index contributed by atoms with van der Waals surface area (Å²) in [6, 6.07) is 2.46. The fraction of sp³-hybridized carbons (Fsp3) is 0.222. The van der Waals surface area contributed by atoms with Crippen molar-refractivity contribution in [3.8, 4) is 0 Å². The van der Waals surface area contributed by atoms with Gasteiger partial charge < -0.3 is 5.21 Å². The Balaban J connectivity index is 3.25. The van der Waals surface area contributed by atoms with Crippen LogP contribution in [0.4, 0.5) is 26.3 Å². The van der Waals surface area contributed by atoms with Crippen LogP contribution in [0, 0.1) is 0 Å². The fourth-order valence-corrected chi connectivity index (χ4v) is 1.12. The molecule has 94 valence electrons. The van der Waals surface area contributed by atoms with E-state index in [1.807, 2.05) is 5.16 Å². The van der Waals surface area contributed by atoms with Gasteiger partial charge in [-0.05, 0) is 12.1 Å². The van der Waals surface area contributed by atoms with Gasteiger partial charge in [0.2, 0.25) is 0 Å². The fourth-order valence-electron chi connectivity index (χ4n) is 1.12. The van der Waals surface area contributed by atoms with Crippen LogP contribution < -0.4 is 0 Å². The number of alkyl halides is 6. The van der Waals surface area contributed by atoms with Crippen LogP contribution in [0.2, 0.25) is 0 Å². The lowest BCUT2D eigenvalue weighted by atomic mass is 10.1. The monoisotopic (exact) mass is 257 g/mol. The summed E-state index contributed by atoms with van der Waals surface area (Å²) < 4.78 is 73.5. The highest BCUT2D eigenvalue weighted by Crippen LogP contribution is 2.31. The molecule has 0 bridgehead atoms. The van der Waals surface area contributed by atoms with E-state index in [1.165, 1.54) is 0 Å². The van der Waals surface area contributed by atoms with Gasteiger partial charge in [0.25, 0.3) is 0 Å². The van der Waals surface area contributed by atoms with E-state index >= 15 is 0 Å². The van der Waals surface area contributed by atoms with Gasteiger partial charge in [-0.25, -0.2) is 0 Å². The molecule has 0 aliphatic rings. The lowest BCUT2D eigenvalue weighted by Crippen LogP contribution is -2.24. The standard InChI is InChI=1S/C9H5F6NO/c10-8(11,12)6-3-1-2-5(4-6)7(16-17)9(13,14)15/h1-4,17H/b16-7-. The van der Waals surface area contributed by atoms with E-state index < -0.39 is 29.2 Å². The maximum absolute atomic E-state index is 12.3. The number of oxime groups is 1. The summed E-state index contributed by atoms with van der Waals surface area (Å²) in [4.78, 5) is 0. The third-order valence-corrected chi connectivity index (χ3v) is 1.83. The van der Waals surface area contributed by atoms with Crippen molar-refractivity contribution in [3.05, 3.63) is 35.4 Å². The highest BCUT2D eigenvalue weighted by molar-refractivity contribution is 6.04. The Bertz CT molecular complexity index is 434. The molecule has 0 radical (unpaired) electrons. The SMILES string of the molecule is O/N=C(/c1cccc(C(F)(F)F)c1)C(F)(F)F. The van der Waals surface area contributed by atoms with Crippen molar-refractivity contribution >= 4 is 5.71 Å². The van der Waals surface area contributed by atoms with Crippen molar-refractivity contribution in [1.29, 1.82) is 0 Å². The normalized spacial score (nSPS) is 13.9. The molecule has 0 spiro atoms. The van der Waals surface area contributed by atoms with Gasteiger partial charge in [0.15, 0.2) is 5.71 Å². The van der Waals surface area contributed by atoms with Crippen LogP contribution in [0.1, 0.15) is 11.1 Å². The van der Waals surface area contributed by atoms with E-state index in [-0.39, 0.29) is 6.07 Å². The summed E-state index contributed by atoms with van der Waals surface area (Å²) >= 11 is 0. The Morgan fingerprint density at radius 3 is 2.06 bits per heavy atom. The number of benzene rings is 1. The molecule has 0 saturated carbocycles. The molecule has 0 aromatic heterocycles. The minimum absolute atomic E-state index is 0.266. The van der Waals surface area contributed by atoms with E-state index in [9.17, 15) is 26.3 Å². The zero-order valence-electron chi connectivity index (χ0n) is 7.97. The van der Waals surface area contributed by atoms with Crippen LogP contribution >= 0.6 is 0 Å². The highest BCUT2D eigenvalue weighted by Gasteiger charge is 2.39. The minimum atomic E-state index is -5.03. The third-order valence-electron chi connectivity index (χ3n) is 1.83. The zero-order chi connectivity index (χ0) is 13.3. The lowest BCUT2D eigenvalue weighted by Gasteiger charge is -2.11. The molecule has 1 aromatic rings. The van der Waals surface area contributed by atoms with E-state index in [1.54, 1.807) is 0 Å². The first kappa shape index (κ1) is 13.3. The van der Waals surface area contributed by atoms with Gasteiger partial charge in [0, 0.05) is 5.56 Å². The highest BCUT2D eigenvalue weighted by atomic mass is 19.4. The first-order valence-electron chi connectivity index (χ1n) is 4.13. The Morgan fingerprint density at radius 1 is 1.06 bits per heavy atom. The lowest BCUT2D eigenvalue weighted by molar-refractivity contribution is -0.137. The molecule has 2 nitrogen and oxygen atoms in total. The van der Waals surface area contributed by atoms with Crippen LogP contribution in [0.5, 0.6) is 0 Å². The molecular weight excluding hydrogens is 252 g/mol. The van der Waals surface area contributed by atoms with Crippen molar-refractivity contribution in [2.75, 3.05) is 0 Å². The summed E-state index contributed by atoms with van der Waals surface area (Å²) in [6.45, 7) is 0. The molecule has 0 heterocycles. The largest absolute Gasteiger partial charge is 0.437 e. The number of hydrogen-bond acceptors (Lipinski definition) is 2. The second-order valence-corrected chi connectivity index (χ2v) is 3.02. The molecule has 0 aliphatic heterocycles. The molecule has 1 aromatic carbocycles. The van der Waals surface area contributed by atoms with Gasteiger partial charge in [-0.15, -0.1) is 0 Å². The van der Waals surface area contributed by atoms with Gasteiger partial charge in [0.05, 0.1) is 5.56 Å². The molecule has 8 heteroatoms. The summed E-state index contributed by atoms with van der Waals surface area (Å²) in [5.41, 5.74) is -3.88. The van der Waals surface area contributed by atoms with Gasteiger partial charge >= 0.3 is 12.4 Å². The average molecular weight is 257 g/mol. The molecule has 0 fully saturated rings. The molecule has 0 unspecified atom stereocenters. The second-order valence-electron chi connectivity index (χ2n) is 3.02. The first-order valence-corrected chi connectivity index (χ1v) is 4.13. The van der Waals surface area contributed by atoms with Gasteiger partial charge in [-0.2, -0.15) is 26.3 Å². The van der Waals surface area contributed by atoms with E-state index in [0.717, 1.165) is 12.1 Å². The van der Waals surface area contributed by atoms with Crippen molar-refractivity contribution in [2.45, 2.75) is 12.4 Å². The van der Waals surface area contributed by atoms with E-state index in [0.29, 0.717) is 6.07 Å². The average Bonchev–Trinajstić information content (AvgIpc) is 2.15. The molecule has 0 atom stereocenters. The summed E-state index contributed by atoms with van der Waals surface area (Å²) in [5, 5.41) is 10.2. The van der Waals surface area contributed by atoms with Crippen molar-refractivity contribution < 1.29 is 31.5 Å². The number of nitrogens with zero attached hydrogens (tertiary/aromatic N) is 1. The number of halogens is 6. The van der Waals surface area contributed by atoms with Crippen LogP contribution in [-0.4, -0.2) is 17.1 Å². The third kappa shape index (κ3) is 3.11. The van der Waals surface area contributed by atoms with Crippen molar-refractivity contribution in [1.82, 2.24) is 0 Å². The van der Waals surface area contributed by atoms with Crippen LogP contribution in [0.15, 0.2) is 29.4 Å². The Kier molecular flexibility index (Phi) is 3.35. The number of rotatable bonds is 1. The molecule has 1 N–H and O–H groups in total. The van der Waals surface area contributed by atoms with Gasteiger partial charge in [0.1, 0.15) is 0 Å². The predicted octanol–water partition coefficient (Wildman–Crippen LogP) is 3.45. The summed E-state index contributed by atoms with van der Waals surface area (Å²) in [6.07, 6.45) is -9.79. The Hall–Kier alpha value is -1.73. The van der Waals surface area contributed by atoms with E-state index in [2.05, 4.69) is 0 Å². The van der Waals surface area contributed by atoms with Crippen LogP contribution in [-0.2, 0) is 6.18 Å². The molecule has 1 rings (SSSR count). The molecule has 0 amide bonds. The molecular formula is C9H5F6NO. The van der Waals surface area contributed by atoms with Crippen molar-refractivity contribution in [3.63, 3.8) is 0 Å². The van der Waals surface area contributed by atoms with Crippen LogP contribution in [0.25, 0.3) is 0 Å². The Morgan fingerprint density at radius 2 is 1.65 bits per heavy atom. The predicted molar refractivity (Wildman–Crippen MR) is 45.8 cm³/mol. The molecule has 0 saturated heterocycles. The van der Waals surface area contributed by atoms with Crippen LogP contribution in [0.3, 0.4) is 0 Å².